The first-order valence-corrected chi connectivity index (χ1v) is 6.85. The highest BCUT2D eigenvalue weighted by Gasteiger charge is 2.20. The lowest BCUT2D eigenvalue weighted by atomic mass is 10.2. The Morgan fingerprint density at radius 2 is 2.35 bits per heavy atom. The third-order valence-electron chi connectivity index (χ3n) is 3.34. The molecule has 0 bridgehead atoms. The first kappa shape index (κ1) is 13.1. The van der Waals surface area contributed by atoms with Crippen molar-refractivity contribution in [1.82, 2.24) is 20.6 Å². The van der Waals surface area contributed by atoms with Gasteiger partial charge in [-0.25, -0.2) is 4.98 Å². The van der Waals surface area contributed by atoms with Gasteiger partial charge in [-0.3, -0.25) is 4.79 Å². The second-order valence-corrected chi connectivity index (χ2v) is 4.82. The largest absolute Gasteiger partial charge is 0.378 e. The number of morpholine rings is 1. The van der Waals surface area contributed by atoms with Gasteiger partial charge in [-0.2, -0.15) is 0 Å². The molecule has 3 rings (SSSR count). The van der Waals surface area contributed by atoms with Crippen LogP contribution in [0.15, 0.2) is 24.3 Å². The Balaban J connectivity index is 1.50. The molecule has 0 saturated carbocycles. The molecular formula is C14H18N4O2. The zero-order chi connectivity index (χ0) is 13.8. The number of hydrogen-bond donors (Lipinski definition) is 3. The van der Waals surface area contributed by atoms with Gasteiger partial charge in [0, 0.05) is 19.5 Å². The molecule has 1 aliphatic heterocycles. The first-order valence-electron chi connectivity index (χ1n) is 6.85. The van der Waals surface area contributed by atoms with Crippen LogP contribution in [0, 0.1) is 0 Å². The van der Waals surface area contributed by atoms with Gasteiger partial charge in [0.25, 0.3) is 0 Å². The van der Waals surface area contributed by atoms with Crippen molar-refractivity contribution in [2.24, 2.45) is 0 Å². The van der Waals surface area contributed by atoms with E-state index in [9.17, 15) is 4.79 Å². The topological polar surface area (TPSA) is 79.0 Å². The van der Waals surface area contributed by atoms with Gasteiger partial charge < -0.3 is 20.4 Å². The van der Waals surface area contributed by atoms with Gasteiger partial charge in [0.15, 0.2) is 0 Å². The lowest BCUT2D eigenvalue weighted by molar-refractivity contribution is -0.125. The number of para-hydroxylation sites is 2. The van der Waals surface area contributed by atoms with Crippen LogP contribution >= 0.6 is 0 Å². The number of nitrogens with one attached hydrogen (secondary N) is 3. The van der Waals surface area contributed by atoms with Crippen molar-refractivity contribution in [3.05, 3.63) is 30.1 Å². The number of fused-ring (bicyclic) bond motifs is 1. The quantitative estimate of drug-likeness (QED) is 0.744. The summed E-state index contributed by atoms with van der Waals surface area (Å²) < 4.78 is 5.27. The van der Waals surface area contributed by atoms with E-state index >= 15 is 0 Å². The highest BCUT2D eigenvalue weighted by atomic mass is 16.5. The number of benzene rings is 1. The summed E-state index contributed by atoms with van der Waals surface area (Å²) in [6, 6.07) is 7.66. The zero-order valence-corrected chi connectivity index (χ0v) is 11.2. The van der Waals surface area contributed by atoms with Crippen LogP contribution < -0.4 is 10.6 Å². The number of H-pyrrole nitrogens is 1. The van der Waals surface area contributed by atoms with E-state index in [-0.39, 0.29) is 11.9 Å². The van der Waals surface area contributed by atoms with Gasteiger partial charge >= 0.3 is 0 Å². The SMILES string of the molecule is O=C(NCCc1nc2ccccc2[nH]1)C1COCCN1. The lowest BCUT2D eigenvalue weighted by Gasteiger charge is -2.22. The third-order valence-corrected chi connectivity index (χ3v) is 3.34. The number of carbonyl (C=O) groups is 1. The number of hydrogen-bond acceptors (Lipinski definition) is 4. The molecule has 1 aliphatic rings. The first-order chi connectivity index (χ1) is 9.83. The Morgan fingerprint density at radius 1 is 1.45 bits per heavy atom. The summed E-state index contributed by atoms with van der Waals surface area (Å²) in [7, 11) is 0. The Labute approximate surface area is 116 Å². The summed E-state index contributed by atoms with van der Waals surface area (Å²) >= 11 is 0. The summed E-state index contributed by atoms with van der Waals surface area (Å²) in [6.45, 7) is 2.40. The number of rotatable bonds is 4. The molecule has 1 fully saturated rings. The van der Waals surface area contributed by atoms with Gasteiger partial charge in [-0.05, 0) is 12.1 Å². The number of aromatic nitrogens is 2. The number of ether oxygens (including phenoxy) is 1. The minimum atomic E-state index is -0.237. The summed E-state index contributed by atoms with van der Waals surface area (Å²) in [5.74, 6) is 0.875. The highest BCUT2D eigenvalue weighted by Crippen LogP contribution is 2.10. The van der Waals surface area contributed by atoms with Gasteiger partial charge in [0.05, 0.1) is 24.2 Å². The fraction of sp³-hybridized carbons (Fsp3) is 0.429. The molecule has 0 radical (unpaired) electrons. The average Bonchev–Trinajstić information content (AvgIpc) is 2.90. The maximum Gasteiger partial charge on any atom is 0.239 e. The van der Waals surface area contributed by atoms with Crippen molar-refractivity contribution in [2.45, 2.75) is 12.5 Å². The fourth-order valence-corrected chi connectivity index (χ4v) is 2.29. The molecule has 106 valence electrons. The molecule has 1 aromatic heterocycles. The fourth-order valence-electron chi connectivity index (χ4n) is 2.29. The zero-order valence-electron chi connectivity index (χ0n) is 11.2. The Morgan fingerprint density at radius 3 is 3.15 bits per heavy atom. The second kappa shape index (κ2) is 6.02. The standard InChI is InChI=1S/C14H18N4O2/c19-14(12-9-20-8-7-15-12)16-6-5-13-17-10-3-1-2-4-11(10)18-13/h1-4,12,15H,5-9H2,(H,16,19)(H,17,18). The maximum absolute atomic E-state index is 11.9. The Bertz CT molecular complexity index is 557. The normalized spacial score (nSPS) is 19.1. The van der Waals surface area contributed by atoms with Crippen LogP contribution in [-0.4, -0.2) is 48.2 Å². The van der Waals surface area contributed by atoms with Gasteiger partial charge in [0.2, 0.25) is 5.91 Å². The summed E-state index contributed by atoms with van der Waals surface area (Å²) in [4.78, 5) is 19.6. The maximum atomic E-state index is 11.9. The van der Waals surface area contributed by atoms with Gasteiger partial charge in [-0.15, -0.1) is 0 Å². The molecule has 20 heavy (non-hydrogen) atoms. The molecule has 1 saturated heterocycles. The van der Waals surface area contributed by atoms with Crippen LogP contribution in [0.25, 0.3) is 11.0 Å². The minimum absolute atomic E-state index is 0.0131. The molecular weight excluding hydrogens is 256 g/mol. The van der Waals surface area contributed by atoms with Crippen molar-refractivity contribution in [3.63, 3.8) is 0 Å². The molecule has 0 spiro atoms. The molecule has 1 amide bonds. The van der Waals surface area contributed by atoms with E-state index in [1.807, 2.05) is 24.3 Å². The number of carbonyl (C=O) groups excluding carboxylic acids is 1. The monoisotopic (exact) mass is 274 g/mol. The Kier molecular flexibility index (Phi) is 3.94. The van der Waals surface area contributed by atoms with Crippen molar-refractivity contribution < 1.29 is 9.53 Å². The smallest absolute Gasteiger partial charge is 0.239 e. The third kappa shape index (κ3) is 2.97. The van der Waals surface area contributed by atoms with E-state index in [1.54, 1.807) is 0 Å². The predicted molar refractivity (Wildman–Crippen MR) is 75.4 cm³/mol. The van der Waals surface area contributed by atoms with Crippen LogP contribution in [-0.2, 0) is 16.0 Å². The number of aromatic amines is 1. The molecule has 0 aliphatic carbocycles. The van der Waals surface area contributed by atoms with Gasteiger partial charge in [-0.1, -0.05) is 12.1 Å². The van der Waals surface area contributed by atoms with Crippen molar-refractivity contribution in [2.75, 3.05) is 26.3 Å². The van der Waals surface area contributed by atoms with E-state index in [0.717, 1.165) is 23.4 Å². The number of imidazole rings is 1. The molecule has 2 aromatic rings. The van der Waals surface area contributed by atoms with E-state index in [2.05, 4.69) is 20.6 Å². The Hall–Kier alpha value is -1.92. The van der Waals surface area contributed by atoms with Crippen LogP contribution in [0.5, 0.6) is 0 Å². The lowest BCUT2D eigenvalue weighted by Crippen LogP contribution is -2.51. The summed E-state index contributed by atoms with van der Waals surface area (Å²) in [6.07, 6.45) is 0.688. The van der Waals surface area contributed by atoms with Crippen LogP contribution in [0.3, 0.4) is 0 Å². The molecule has 1 atom stereocenters. The van der Waals surface area contributed by atoms with E-state index < -0.39 is 0 Å². The van der Waals surface area contributed by atoms with E-state index in [0.29, 0.717) is 26.2 Å². The minimum Gasteiger partial charge on any atom is -0.378 e. The summed E-state index contributed by atoms with van der Waals surface area (Å²) in [5, 5.41) is 6.03. The van der Waals surface area contributed by atoms with Crippen LogP contribution in [0.2, 0.25) is 0 Å². The molecule has 2 heterocycles. The summed E-state index contributed by atoms with van der Waals surface area (Å²) in [5.41, 5.74) is 1.98. The van der Waals surface area contributed by atoms with E-state index in [1.165, 1.54) is 0 Å². The van der Waals surface area contributed by atoms with Crippen LogP contribution in [0.1, 0.15) is 5.82 Å². The second-order valence-electron chi connectivity index (χ2n) is 4.82. The van der Waals surface area contributed by atoms with Crippen LogP contribution in [0.4, 0.5) is 0 Å². The van der Waals surface area contributed by atoms with Crippen molar-refractivity contribution in [3.8, 4) is 0 Å². The highest BCUT2D eigenvalue weighted by molar-refractivity contribution is 5.82. The molecule has 1 aromatic carbocycles. The van der Waals surface area contributed by atoms with Crippen molar-refractivity contribution in [1.29, 1.82) is 0 Å². The molecule has 1 unspecified atom stereocenters. The molecule has 6 nitrogen and oxygen atoms in total. The van der Waals surface area contributed by atoms with Gasteiger partial charge in [0.1, 0.15) is 11.9 Å². The predicted octanol–water partition coefficient (Wildman–Crippen LogP) is 0.210. The number of nitrogens with zero attached hydrogens (tertiary/aromatic N) is 1. The molecule has 6 heteroatoms. The van der Waals surface area contributed by atoms with E-state index in [4.69, 9.17) is 4.74 Å². The molecule has 3 N–H and O–H groups in total. The van der Waals surface area contributed by atoms with Crippen molar-refractivity contribution >= 4 is 16.9 Å². The number of amides is 1. The average molecular weight is 274 g/mol.